The minimum Gasteiger partial charge on any atom is -0.494 e. The Kier molecular flexibility index (Phi) is 4.19. The molecule has 0 spiro atoms. The SMILES string of the molecule is COc1ccc(C(=O)NC2CCCc3cc(N)ccc32)cc1F. The van der Waals surface area contributed by atoms with Crippen LogP contribution in [0.5, 0.6) is 5.75 Å². The van der Waals surface area contributed by atoms with Gasteiger partial charge in [-0.15, -0.1) is 0 Å². The van der Waals surface area contributed by atoms with Crippen molar-refractivity contribution in [1.29, 1.82) is 0 Å². The summed E-state index contributed by atoms with van der Waals surface area (Å²) in [5.41, 5.74) is 9.10. The highest BCUT2D eigenvalue weighted by molar-refractivity contribution is 5.94. The van der Waals surface area contributed by atoms with E-state index in [1.165, 1.54) is 24.8 Å². The van der Waals surface area contributed by atoms with Gasteiger partial charge in [0.25, 0.3) is 5.91 Å². The van der Waals surface area contributed by atoms with Gasteiger partial charge in [-0.2, -0.15) is 0 Å². The zero-order chi connectivity index (χ0) is 16.4. The highest BCUT2D eigenvalue weighted by atomic mass is 19.1. The van der Waals surface area contributed by atoms with Crippen molar-refractivity contribution >= 4 is 11.6 Å². The Morgan fingerprint density at radius 2 is 2.13 bits per heavy atom. The van der Waals surface area contributed by atoms with Crippen molar-refractivity contribution < 1.29 is 13.9 Å². The molecule has 1 unspecified atom stereocenters. The van der Waals surface area contributed by atoms with Crippen LogP contribution in [0.4, 0.5) is 10.1 Å². The minimum absolute atomic E-state index is 0.0722. The summed E-state index contributed by atoms with van der Waals surface area (Å²) in [5.74, 6) is -0.710. The van der Waals surface area contributed by atoms with Gasteiger partial charge in [-0.1, -0.05) is 6.07 Å². The van der Waals surface area contributed by atoms with Crippen molar-refractivity contribution in [2.75, 3.05) is 12.8 Å². The van der Waals surface area contributed by atoms with Crippen LogP contribution in [0.25, 0.3) is 0 Å². The van der Waals surface area contributed by atoms with Crippen LogP contribution in [0.1, 0.15) is 40.4 Å². The van der Waals surface area contributed by atoms with Crippen LogP contribution in [-0.4, -0.2) is 13.0 Å². The smallest absolute Gasteiger partial charge is 0.251 e. The van der Waals surface area contributed by atoms with Crippen LogP contribution in [0.2, 0.25) is 0 Å². The van der Waals surface area contributed by atoms with Gasteiger partial charge in [0.1, 0.15) is 0 Å². The number of anilines is 1. The molecule has 1 atom stereocenters. The van der Waals surface area contributed by atoms with E-state index in [-0.39, 0.29) is 23.3 Å². The molecule has 1 aliphatic rings. The molecule has 3 N–H and O–H groups in total. The first kappa shape index (κ1) is 15.3. The number of nitrogen functional groups attached to an aromatic ring is 1. The van der Waals surface area contributed by atoms with Crippen molar-refractivity contribution in [1.82, 2.24) is 5.32 Å². The third-order valence-electron chi connectivity index (χ3n) is 4.20. The van der Waals surface area contributed by atoms with Gasteiger partial charge in [0, 0.05) is 11.3 Å². The van der Waals surface area contributed by atoms with E-state index in [9.17, 15) is 9.18 Å². The standard InChI is InChI=1S/C18H19FN2O2/c1-23-17-8-5-12(10-15(17)19)18(22)21-16-4-2-3-11-9-13(20)6-7-14(11)16/h5-10,16H,2-4,20H2,1H3,(H,21,22). The molecule has 0 saturated carbocycles. The fourth-order valence-corrected chi connectivity index (χ4v) is 3.03. The van der Waals surface area contributed by atoms with Gasteiger partial charge in [0.05, 0.1) is 13.2 Å². The van der Waals surface area contributed by atoms with Crippen LogP contribution in [0.3, 0.4) is 0 Å². The number of amides is 1. The molecule has 0 heterocycles. The maximum Gasteiger partial charge on any atom is 0.251 e. The Bertz CT molecular complexity index is 746. The largest absolute Gasteiger partial charge is 0.494 e. The van der Waals surface area contributed by atoms with Gasteiger partial charge >= 0.3 is 0 Å². The molecule has 3 rings (SSSR count). The van der Waals surface area contributed by atoms with Crippen molar-refractivity contribution in [2.24, 2.45) is 0 Å². The summed E-state index contributed by atoms with van der Waals surface area (Å²) in [5, 5.41) is 2.99. The highest BCUT2D eigenvalue weighted by Gasteiger charge is 2.22. The molecule has 0 radical (unpaired) electrons. The van der Waals surface area contributed by atoms with Crippen molar-refractivity contribution in [3.05, 3.63) is 58.9 Å². The number of nitrogens with two attached hydrogens (primary N) is 1. The lowest BCUT2D eigenvalue weighted by Crippen LogP contribution is -2.31. The molecule has 0 aliphatic heterocycles. The summed E-state index contributed by atoms with van der Waals surface area (Å²) in [6, 6.07) is 9.91. The first-order valence-electron chi connectivity index (χ1n) is 7.61. The average molecular weight is 314 g/mol. The third kappa shape index (κ3) is 3.13. The quantitative estimate of drug-likeness (QED) is 0.855. The molecule has 0 fully saturated rings. The minimum atomic E-state index is -0.544. The van der Waals surface area contributed by atoms with Gasteiger partial charge in [-0.25, -0.2) is 4.39 Å². The van der Waals surface area contributed by atoms with Crippen molar-refractivity contribution in [3.63, 3.8) is 0 Å². The molecular weight excluding hydrogens is 295 g/mol. The average Bonchev–Trinajstić information content (AvgIpc) is 2.54. The molecule has 1 amide bonds. The lowest BCUT2D eigenvalue weighted by molar-refractivity contribution is 0.0932. The number of aryl methyl sites for hydroxylation is 1. The predicted molar refractivity (Wildman–Crippen MR) is 87.0 cm³/mol. The first-order chi connectivity index (χ1) is 11.1. The van der Waals surface area contributed by atoms with E-state index in [2.05, 4.69) is 5.32 Å². The lowest BCUT2D eigenvalue weighted by atomic mass is 9.87. The van der Waals surface area contributed by atoms with Crippen LogP contribution < -0.4 is 15.8 Å². The fourth-order valence-electron chi connectivity index (χ4n) is 3.03. The molecule has 23 heavy (non-hydrogen) atoms. The number of nitrogens with one attached hydrogen (secondary N) is 1. The van der Waals surface area contributed by atoms with E-state index in [0.717, 1.165) is 30.5 Å². The molecule has 2 aromatic carbocycles. The Morgan fingerprint density at radius 1 is 1.30 bits per heavy atom. The van der Waals surface area contributed by atoms with Crippen LogP contribution in [0, 0.1) is 5.82 Å². The maximum atomic E-state index is 13.8. The fraction of sp³-hybridized carbons (Fsp3) is 0.278. The van der Waals surface area contributed by atoms with Gasteiger partial charge in [-0.05, 0) is 60.7 Å². The van der Waals surface area contributed by atoms with Crippen molar-refractivity contribution in [3.8, 4) is 5.75 Å². The van der Waals surface area contributed by atoms with Crippen molar-refractivity contribution in [2.45, 2.75) is 25.3 Å². The second-order valence-electron chi connectivity index (χ2n) is 5.73. The summed E-state index contributed by atoms with van der Waals surface area (Å²) in [7, 11) is 1.39. The molecule has 1 aliphatic carbocycles. The van der Waals surface area contributed by atoms with Crippen LogP contribution in [0.15, 0.2) is 36.4 Å². The highest BCUT2D eigenvalue weighted by Crippen LogP contribution is 2.31. The topological polar surface area (TPSA) is 64.3 Å². The summed E-state index contributed by atoms with van der Waals surface area (Å²) >= 11 is 0. The number of carbonyl (C=O) groups is 1. The third-order valence-corrected chi connectivity index (χ3v) is 4.20. The normalized spacial score (nSPS) is 16.5. The molecule has 0 saturated heterocycles. The summed E-state index contributed by atoms with van der Waals surface area (Å²) in [6.45, 7) is 0. The number of hydrogen-bond donors (Lipinski definition) is 2. The Hall–Kier alpha value is -2.56. The number of carbonyl (C=O) groups excluding carboxylic acids is 1. The van der Waals surface area contributed by atoms with Gasteiger partial charge in [0.15, 0.2) is 11.6 Å². The zero-order valence-electron chi connectivity index (χ0n) is 12.9. The second kappa shape index (κ2) is 6.28. The maximum absolute atomic E-state index is 13.8. The van der Waals surface area contributed by atoms with E-state index in [1.54, 1.807) is 6.07 Å². The Morgan fingerprint density at radius 3 is 2.87 bits per heavy atom. The van der Waals surface area contributed by atoms with Gasteiger partial charge in [0.2, 0.25) is 0 Å². The van der Waals surface area contributed by atoms with E-state index in [0.29, 0.717) is 0 Å². The van der Waals surface area contributed by atoms with Crippen LogP contribution in [-0.2, 0) is 6.42 Å². The Balaban J connectivity index is 1.80. The number of ether oxygens (including phenoxy) is 1. The van der Waals surface area contributed by atoms with Gasteiger partial charge < -0.3 is 15.8 Å². The molecule has 0 bridgehead atoms. The summed E-state index contributed by atoms with van der Waals surface area (Å²) in [4.78, 5) is 12.4. The van der Waals surface area contributed by atoms with Crippen LogP contribution >= 0.6 is 0 Å². The van der Waals surface area contributed by atoms with E-state index >= 15 is 0 Å². The Labute approximate surface area is 134 Å². The molecule has 120 valence electrons. The monoisotopic (exact) mass is 314 g/mol. The number of methoxy groups -OCH3 is 1. The van der Waals surface area contributed by atoms with Gasteiger partial charge in [-0.3, -0.25) is 4.79 Å². The second-order valence-corrected chi connectivity index (χ2v) is 5.73. The van der Waals surface area contributed by atoms with E-state index in [1.807, 2.05) is 18.2 Å². The number of benzene rings is 2. The molecule has 2 aromatic rings. The molecule has 5 heteroatoms. The predicted octanol–water partition coefficient (Wildman–Crippen LogP) is 3.22. The van der Waals surface area contributed by atoms with E-state index in [4.69, 9.17) is 10.5 Å². The summed E-state index contributed by atoms with van der Waals surface area (Å²) < 4.78 is 18.6. The molecule has 4 nitrogen and oxygen atoms in total. The number of rotatable bonds is 3. The first-order valence-corrected chi connectivity index (χ1v) is 7.61. The summed E-state index contributed by atoms with van der Waals surface area (Å²) in [6.07, 6.45) is 2.81. The zero-order valence-corrected chi connectivity index (χ0v) is 12.9. The number of hydrogen-bond acceptors (Lipinski definition) is 3. The molecule has 0 aromatic heterocycles. The number of fused-ring (bicyclic) bond motifs is 1. The number of halogens is 1. The lowest BCUT2D eigenvalue weighted by Gasteiger charge is -2.26. The van der Waals surface area contributed by atoms with E-state index < -0.39 is 5.82 Å². The molecular formula is C18H19FN2O2.